The Hall–Kier alpha value is -2.30. The number of hydrogen-bond acceptors (Lipinski definition) is 3. The number of carbonyl (C=O) groups is 2. The van der Waals surface area contributed by atoms with Crippen LogP contribution in [0.25, 0.3) is 5.52 Å². The number of amides is 1. The van der Waals surface area contributed by atoms with Crippen LogP contribution in [0.2, 0.25) is 0 Å². The number of nitrogens with zero attached hydrogens (tertiary/aromatic N) is 2. The number of ether oxygens (including phenoxy) is 1. The van der Waals surface area contributed by atoms with Crippen LogP contribution in [0.15, 0.2) is 30.5 Å². The zero-order valence-corrected chi connectivity index (χ0v) is 12.2. The van der Waals surface area contributed by atoms with E-state index in [2.05, 4.69) is 0 Å². The van der Waals surface area contributed by atoms with Crippen molar-refractivity contribution in [3.63, 3.8) is 0 Å². The van der Waals surface area contributed by atoms with E-state index in [4.69, 9.17) is 4.74 Å². The van der Waals surface area contributed by atoms with Gasteiger partial charge in [0.15, 0.2) is 0 Å². The first-order chi connectivity index (χ1) is 10.1. The topological polar surface area (TPSA) is 51.0 Å². The van der Waals surface area contributed by atoms with Crippen LogP contribution in [0.3, 0.4) is 0 Å². The van der Waals surface area contributed by atoms with Gasteiger partial charge in [-0.2, -0.15) is 0 Å². The summed E-state index contributed by atoms with van der Waals surface area (Å²) >= 11 is 0. The van der Waals surface area contributed by atoms with E-state index in [-0.39, 0.29) is 17.9 Å². The van der Waals surface area contributed by atoms with Crippen LogP contribution < -0.4 is 0 Å². The Bertz CT molecular complexity index is 705. The van der Waals surface area contributed by atoms with Gasteiger partial charge in [-0.1, -0.05) is 6.07 Å². The molecule has 1 fully saturated rings. The Labute approximate surface area is 123 Å². The molecule has 0 aliphatic carbocycles. The van der Waals surface area contributed by atoms with Gasteiger partial charge < -0.3 is 14.0 Å². The van der Waals surface area contributed by atoms with Crippen LogP contribution in [0.4, 0.5) is 0 Å². The largest absolute Gasteiger partial charge is 0.465 e. The fourth-order valence-corrected chi connectivity index (χ4v) is 3.01. The standard InChI is InChI=1S/C16H18N2O3/c1-11(17-9-5-7-15(17)19)14-10-12(16(20)21-2)13-6-3-4-8-18(13)14/h3-4,6,8,10-11H,5,7,9H2,1-2H3. The Morgan fingerprint density at radius 3 is 2.86 bits per heavy atom. The van der Waals surface area contributed by atoms with Crippen LogP contribution in [0.1, 0.15) is 41.9 Å². The molecule has 3 heterocycles. The van der Waals surface area contributed by atoms with Gasteiger partial charge in [0.2, 0.25) is 5.91 Å². The van der Waals surface area contributed by atoms with Crippen molar-refractivity contribution in [1.29, 1.82) is 0 Å². The van der Waals surface area contributed by atoms with Gasteiger partial charge >= 0.3 is 5.97 Å². The summed E-state index contributed by atoms with van der Waals surface area (Å²) < 4.78 is 6.81. The highest BCUT2D eigenvalue weighted by Gasteiger charge is 2.29. The number of methoxy groups -OCH3 is 1. The first-order valence-corrected chi connectivity index (χ1v) is 7.11. The third-order valence-corrected chi connectivity index (χ3v) is 4.12. The van der Waals surface area contributed by atoms with Gasteiger partial charge in [-0.05, 0) is 31.5 Å². The minimum absolute atomic E-state index is 0.0618. The van der Waals surface area contributed by atoms with Gasteiger partial charge in [0.1, 0.15) is 0 Å². The highest BCUT2D eigenvalue weighted by Crippen LogP contribution is 2.29. The molecule has 1 aliphatic heterocycles. The summed E-state index contributed by atoms with van der Waals surface area (Å²) in [6, 6.07) is 7.45. The molecule has 1 aliphatic rings. The first kappa shape index (κ1) is 13.7. The van der Waals surface area contributed by atoms with Crippen molar-refractivity contribution in [2.75, 3.05) is 13.7 Å². The Balaban J connectivity index is 2.10. The lowest BCUT2D eigenvalue weighted by atomic mass is 10.2. The highest BCUT2D eigenvalue weighted by molar-refractivity contribution is 5.97. The zero-order valence-electron chi connectivity index (χ0n) is 12.2. The SMILES string of the molecule is COC(=O)c1cc(C(C)N2CCCC2=O)n2ccccc12. The number of likely N-dealkylation sites (tertiary alicyclic amines) is 1. The molecular weight excluding hydrogens is 268 g/mol. The number of fused-ring (bicyclic) bond motifs is 1. The maximum atomic E-state index is 11.9. The lowest BCUT2D eigenvalue weighted by Crippen LogP contribution is -2.28. The van der Waals surface area contributed by atoms with Gasteiger partial charge in [0.25, 0.3) is 0 Å². The van der Waals surface area contributed by atoms with E-state index < -0.39 is 0 Å². The van der Waals surface area contributed by atoms with Crippen LogP contribution in [-0.2, 0) is 9.53 Å². The molecule has 1 unspecified atom stereocenters. The summed E-state index contributed by atoms with van der Waals surface area (Å²) in [5.41, 5.74) is 2.27. The lowest BCUT2D eigenvalue weighted by Gasteiger charge is -2.24. The number of aromatic nitrogens is 1. The second kappa shape index (κ2) is 5.24. The molecule has 0 spiro atoms. The molecule has 0 saturated carbocycles. The summed E-state index contributed by atoms with van der Waals surface area (Å²) in [5, 5.41) is 0. The molecular formula is C16H18N2O3. The Morgan fingerprint density at radius 1 is 1.38 bits per heavy atom. The Morgan fingerprint density at radius 2 is 2.19 bits per heavy atom. The fourth-order valence-electron chi connectivity index (χ4n) is 3.01. The first-order valence-electron chi connectivity index (χ1n) is 7.11. The van der Waals surface area contributed by atoms with E-state index in [9.17, 15) is 9.59 Å². The smallest absolute Gasteiger partial charge is 0.340 e. The predicted octanol–water partition coefficient (Wildman–Crippen LogP) is 2.41. The number of carbonyl (C=O) groups excluding carboxylic acids is 2. The van der Waals surface area contributed by atoms with Gasteiger partial charge in [-0.3, -0.25) is 4.79 Å². The molecule has 0 bridgehead atoms. The van der Waals surface area contributed by atoms with Crippen molar-refractivity contribution in [2.45, 2.75) is 25.8 Å². The predicted molar refractivity (Wildman–Crippen MR) is 78.1 cm³/mol. The second-order valence-electron chi connectivity index (χ2n) is 5.30. The van der Waals surface area contributed by atoms with E-state index in [1.165, 1.54) is 7.11 Å². The maximum Gasteiger partial charge on any atom is 0.340 e. The van der Waals surface area contributed by atoms with E-state index in [0.29, 0.717) is 12.0 Å². The number of esters is 1. The van der Waals surface area contributed by atoms with E-state index in [1.54, 1.807) is 0 Å². The summed E-state index contributed by atoms with van der Waals surface area (Å²) in [5.74, 6) is -0.183. The minimum Gasteiger partial charge on any atom is -0.465 e. The van der Waals surface area contributed by atoms with Crippen molar-refractivity contribution >= 4 is 17.4 Å². The molecule has 0 N–H and O–H groups in total. The zero-order chi connectivity index (χ0) is 15.0. The average Bonchev–Trinajstić information content (AvgIpc) is 3.09. The summed E-state index contributed by atoms with van der Waals surface area (Å²) in [7, 11) is 1.38. The van der Waals surface area contributed by atoms with Gasteiger partial charge in [0.05, 0.1) is 24.2 Å². The molecule has 2 aromatic heterocycles. The maximum absolute atomic E-state index is 11.9. The van der Waals surface area contributed by atoms with Crippen LogP contribution in [-0.4, -0.2) is 34.8 Å². The second-order valence-corrected chi connectivity index (χ2v) is 5.30. The van der Waals surface area contributed by atoms with Crippen molar-refractivity contribution in [3.05, 3.63) is 41.7 Å². The molecule has 0 radical (unpaired) electrons. The van der Waals surface area contributed by atoms with E-state index in [0.717, 1.165) is 24.2 Å². The third-order valence-electron chi connectivity index (χ3n) is 4.12. The molecule has 0 aromatic carbocycles. The molecule has 1 saturated heterocycles. The highest BCUT2D eigenvalue weighted by atomic mass is 16.5. The molecule has 21 heavy (non-hydrogen) atoms. The number of rotatable bonds is 3. The molecule has 110 valence electrons. The monoisotopic (exact) mass is 286 g/mol. The van der Waals surface area contributed by atoms with Gasteiger partial charge in [-0.25, -0.2) is 4.79 Å². The average molecular weight is 286 g/mol. The number of hydrogen-bond donors (Lipinski definition) is 0. The van der Waals surface area contributed by atoms with Gasteiger partial charge in [-0.15, -0.1) is 0 Å². The molecule has 1 amide bonds. The van der Waals surface area contributed by atoms with Crippen molar-refractivity contribution in [3.8, 4) is 0 Å². The summed E-state index contributed by atoms with van der Waals surface area (Å²) in [4.78, 5) is 25.8. The van der Waals surface area contributed by atoms with E-state index >= 15 is 0 Å². The lowest BCUT2D eigenvalue weighted by molar-refractivity contribution is -0.129. The quantitative estimate of drug-likeness (QED) is 0.814. The van der Waals surface area contributed by atoms with Crippen molar-refractivity contribution in [2.24, 2.45) is 0 Å². The van der Waals surface area contributed by atoms with E-state index in [1.807, 2.05) is 46.7 Å². The Kier molecular flexibility index (Phi) is 3.41. The number of pyridine rings is 1. The molecule has 2 aromatic rings. The van der Waals surface area contributed by atoms with Crippen LogP contribution in [0.5, 0.6) is 0 Å². The summed E-state index contributed by atoms with van der Waals surface area (Å²) in [6.45, 7) is 2.77. The van der Waals surface area contributed by atoms with Crippen molar-refractivity contribution < 1.29 is 14.3 Å². The molecule has 5 heteroatoms. The van der Waals surface area contributed by atoms with Gasteiger partial charge in [0, 0.05) is 24.9 Å². The normalized spacial score (nSPS) is 16.5. The fraction of sp³-hybridized carbons (Fsp3) is 0.375. The van der Waals surface area contributed by atoms with Crippen LogP contribution in [0, 0.1) is 0 Å². The summed E-state index contributed by atoms with van der Waals surface area (Å²) in [6.07, 6.45) is 3.42. The van der Waals surface area contributed by atoms with Crippen LogP contribution >= 0.6 is 0 Å². The molecule has 3 rings (SSSR count). The van der Waals surface area contributed by atoms with Crippen molar-refractivity contribution in [1.82, 2.24) is 9.30 Å². The molecule has 5 nitrogen and oxygen atoms in total. The third kappa shape index (κ3) is 2.18. The minimum atomic E-state index is -0.357. The molecule has 1 atom stereocenters.